The standard InChI is InChI=1S/C26H32BrN3O4/c1-25(2,3)34-24(32)28-14-12-26(13-15-28)18-29(21-10-8-20(27)9-11-21)23(31)30(26)17-19-6-5-7-22(16-19)33-4/h5-11,16H,12-15,17-18H2,1-4H3. The number of rotatable bonds is 4. The third-order valence-electron chi connectivity index (χ3n) is 6.45. The van der Waals surface area contributed by atoms with E-state index < -0.39 is 5.60 Å². The van der Waals surface area contributed by atoms with Crippen LogP contribution in [0.5, 0.6) is 5.75 Å². The number of nitrogens with zero attached hydrogens (tertiary/aromatic N) is 3. The summed E-state index contributed by atoms with van der Waals surface area (Å²) >= 11 is 3.47. The lowest BCUT2D eigenvalue weighted by atomic mass is 9.86. The second-order valence-corrected chi connectivity index (χ2v) is 10.9. The van der Waals surface area contributed by atoms with Gasteiger partial charge in [-0.3, -0.25) is 4.90 Å². The van der Waals surface area contributed by atoms with Gasteiger partial charge in [-0.2, -0.15) is 0 Å². The summed E-state index contributed by atoms with van der Waals surface area (Å²) < 4.78 is 11.9. The van der Waals surface area contributed by atoms with E-state index in [4.69, 9.17) is 9.47 Å². The highest BCUT2D eigenvalue weighted by molar-refractivity contribution is 9.10. The van der Waals surface area contributed by atoms with E-state index in [1.54, 1.807) is 12.0 Å². The van der Waals surface area contributed by atoms with E-state index in [9.17, 15) is 9.59 Å². The predicted octanol–water partition coefficient (Wildman–Crippen LogP) is 5.67. The molecule has 2 aromatic carbocycles. The summed E-state index contributed by atoms with van der Waals surface area (Å²) in [7, 11) is 1.64. The van der Waals surface area contributed by atoms with Crippen LogP contribution in [0, 0.1) is 0 Å². The van der Waals surface area contributed by atoms with Crippen molar-refractivity contribution in [1.29, 1.82) is 0 Å². The highest BCUT2D eigenvalue weighted by Crippen LogP contribution is 2.40. The molecule has 34 heavy (non-hydrogen) atoms. The number of anilines is 1. The Morgan fingerprint density at radius 1 is 1.09 bits per heavy atom. The Kier molecular flexibility index (Phi) is 6.80. The number of methoxy groups -OCH3 is 1. The summed E-state index contributed by atoms with van der Waals surface area (Å²) in [6.07, 6.45) is 1.08. The number of amides is 3. The zero-order chi connectivity index (χ0) is 24.5. The molecular weight excluding hydrogens is 498 g/mol. The van der Waals surface area contributed by atoms with Gasteiger partial charge in [-0.25, -0.2) is 9.59 Å². The molecule has 0 unspecified atom stereocenters. The Morgan fingerprint density at radius 2 is 1.76 bits per heavy atom. The number of hydrogen-bond donors (Lipinski definition) is 0. The smallest absolute Gasteiger partial charge is 0.410 e. The second-order valence-electron chi connectivity index (χ2n) is 9.97. The van der Waals surface area contributed by atoms with Crippen LogP contribution in [0.3, 0.4) is 0 Å². The van der Waals surface area contributed by atoms with Gasteiger partial charge in [0.05, 0.1) is 19.2 Å². The third kappa shape index (κ3) is 5.17. The molecule has 0 radical (unpaired) electrons. The molecule has 2 heterocycles. The van der Waals surface area contributed by atoms with E-state index in [-0.39, 0.29) is 17.7 Å². The molecule has 0 aromatic heterocycles. The molecule has 4 rings (SSSR count). The van der Waals surface area contributed by atoms with Crippen LogP contribution in [0.25, 0.3) is 0 Å². The minimum atomic E-state index is -0.535. The van der Waals surface area contributed by atoms with E-state index in [0.717, 1.165) is 21.5 Å². The average molecular weight is 530 g/mol. The van der Waals surface area contributed by atoms with Crippen LogP contribution in [0.1, 0.15) is 39.2 Å². The fraction of sp³-hybridized carbons (Fsp3) is 0.462. The molecule has 0 aliphatic carbocycles. The molecule has 2 aliphatic heterocycles. The van der Waals surface area contributed by atoms with Crippen molar-refractivity contribution in [2.45, 2.75) is 51.3 Å². The van der Waals surface area contributed by atoms with Crippen LogP contribution in [0.2, 0.25) is 0 Å². The summed E-state index contributed by atoms with van der Waals surface area (Å²) in [6, 6.07) is 15.6. The van der Waals surface area contributed by atoms with Crippen LogP contribution in [-0.4, -0.2) is 59.8 Å². The molecule has 2 aromatic rings. The Labute approximate surface area is 209 Å². The van der Waals surface area contributed by atoms with Crippen molar-refractivity contribution >= 4 is 33.7 Å². The fourth-order valence-corrected chi connectivity index (χ4v) is 4.93. The number of ether oxygens (including phenoxy) is 2. The highest BCUT2D eigenvalue weighted by Gasteiger charge is 2.51. The first-order chi connectivity index (χ1) is 16.1. The van der Waals surface area contributed by atoms with Crippen LogP contribution in [0.15, 0.2) is 53.0 Å². The van der Waals surface area contributed by atoms with Crippen molar-refractivity contribution in [3.05, 3.63) is 58.6 Å². The minimum Gasteiger partial charge on any atom is -0.497 e. The molecule has 3 amide bonds. The van der Waals surface area contributed by atoms with Gasteiger partial charge in [0.25, 0.3) is 0 Å². The van der Waals surface area contributed by atoms with Gasteiger partial charge in [-0.1, -0.05) is 28.1 Å². The fourth-order valence-electron chi connectivity index (χ4n) is 4.67. The van der Waals surface area contributed by atoms with E-state index in [0.29, 0.717) is 39.0 Å². The van der Waals surface area contributed by atoms with E-state index in [1.165, 1.54) is 0 Å². The summed E-state index contributed by atoms with van der Waals surface area (Å²) in [5, 5.41) is 0. The topological polar surface area (TPSA) is 62.3 Å². The number of carbonyl (C=O) groups is 2. The van der Waals surface area contributed by atoms with Crippen molar-refractivity contribution in [2.24, 2.45) is 0 Å². The summed E-state index contributed by atoms with van der Waals surface area (Å²) in [5.41, 5.74) is 0.979. The van der Waals surface area contributed by atoms with E-state index >= 15 is 0 Å². The van der Waals surface area contributed by atoms with Crippen molar-refractivity contribution in [3.63, 3.8) is 0 Å². The van der Waals surface area contributed by atoms with Crippen LogP contribution in [-0.2, 0) is 11.3 Å². The lowest BCUT2D eigenvalue weighted by molar-refractivity contribution is 0.00785. The third-order valence-corrected chi connectivity index (χ3v) is 6.97. The maximum absolute atomic E-state index is 13.7. The van der Waals surface area contributed by atoms with Gasteiger partial charge in [0.1, 0.15) is 11.4 Å². The SMILES string of the molecule is COc1cccc(CN2C(=O)N(c3ccc(Br)cc3)CC23CCN(C(=O)OC(C)(C)C)CC3)c1. The van der Waals surface area contributed by atoms with Gasteiger partial charge >= 0.3 is 12.1 Å². The number of piperidine rings is 1. The first kappa shape index (κ1) is 24.4. The summed E-state index contributed by atoms with van der Waals surface area (Å²) in [6.45, 7) is 7.78. The molecule has 0 bridgehead atoms. The Hall–Kier alpha value is -2.74. The monoisotopic (exact) mass is 529 g/mol. The largest absolute Gasteiger partial charge is 0.497 e. The minimum absolute atomic E-state index is 0.0177. The van der Waals surface area contributed by atoms with Crippen molar-refractivity contribution in [1.82, 2.24) is 9.80 Å². The predicted molar refractivity (Wildman–Crippen MR) is 135 cm³/mol. The van der Waals surface area contributed by atoms with Gasteiger partial charge in [-0.15, -0.1) is 0 Å². The van der Waals surface area contributed by atoms with Gasteiger partial charge in [0.15, 0.2) is 0 Å². The number of carbonyl (C=O) groups excluding carboxylic acids is 2. The molecule has 2 fully saturated rings. The van der Waals surface area contributed by atoms with Crippen LogP contribution in [0.4, 0.5) is 15.3 Å². The maximum Gasteiger partial charge on any atom is 0.410 e. The Bertz CT molecular complexity index is 1040. The number of likely N-dealkylation sites (tertiary alicyclic amines) is 1. The molecule has 1 spiro atoms. The van der Waals surface area contributed by atoms with Gasteiger partial charge in [0.2, 0.25) is 0 Å². The summed E-state index contributed by atoms with van der Waals surface area (Å²) in [5.74, 6) is 0.766. The van der Waals surface area contributed by atoms with Crippen molar-refractivity contribution < 1.29 is 19.1 Å². The molecule has 2 aliphatic rings. The van der Waals surface area contributed by atoms with Crippen molar-refractivity contribution in [2.75, 3.05) is 31.6 Å². The first-order valence-electron chi connectivity index (χ1n) is 11.6. The summed E-state index contributed by atoms with van der Waals surface area (Å²) in [4.78, 5) is 32.0. The molecule has 0 saturated carbocycles. The number of halogens is 1. The van der Waals surface area contributed by atoms with Gasteiger partial charge in [-0.05, 0) is 75.6 Å². The quantitative estimate of drug-likeness (QED) is 0.511. The zero-order valence-corrected chi connectivity index (χ0v) is 21.8. The molecule has 7 nitrogen and oxygen atoms in total. The highest BCUT2D eigenvalue weighted by atomic mass is 79.9. The molecule has 0 atom stereocenters. The van der Waals surface area contributed by atoms with Crippen LogP contribution < -0.4 is 9.64 Å². The number of hydrogen-bond acceptors (Lipinski definition) is 4. The molecule has 2 saturated heterocycles. The first-order valence-corrected chi connectivity index (χ1v) is 12.4. The molecule has 0 N–H and O–H groups in total. The number of benzene rings is 2. The molecule has 182 valence electrons. The van der Waals surface area contributed by atoms with Gasteiger partial charge in [0, 0.05) is 29.8 Å². The molecule has 8 heteroatoms. The maximum atomic E-state index is 13.7. The average Bonchev–Trinajstić information content (AvgIpc) is 3.05. The van der Waals surface area contributed by atoms with E-state index in [2.05, 4.69) is 15.9 Å². The van der Waals surface area contributed by atoms with Crippen LogP contribution >= 0.6 is 15.9 Å². The number of urea groups is 1. The lowest BCUT2D eigenvalue weighted by Gasteiger charge is -2.43. The Balaban J connectivity index is 1.59. The second kappa shape index (κ2) is 9.49. The lowest BCUT2D eigenvalue weighted by Crippen LogP contribution is -2.55. The van der Waals surface area contributed by atoms with Gasteiger partial charge < -0.3 is 19.3 Å². The normalized spacial score (nSPS) is 17.9. The zero-order valence-electron chi connectivity index (χ0n) is 20.2. The molecular formula is C26H32BrN3O4. The Morgan fingerprint density at radius 3 is 2.38 bits per heavy atom. The van der Waals surface area contributed by atoms with E-state index in [1.807, 2.05) is 79.1 Å². The van der Waals surface area contributed by atoms with Crippen molar-refractivity contribution in [3.8, 4) is 5.75 Å².